The number of rotatable bonds is 6. The number of fused-ring (bicyclic) bond motifs is 1. The molecule has 6 heteroatoms. The molecule has 1 aromatic heterocycles. The van der Waals surface area contributed by atoms with Gasteiger partial charge in [0, 0.05) is 29.3 Å². The number of hydrogen-bond acceptors (Lipinski definition) is 3. The van der Waals surface area contributed by atoms with Crippen molar-refractivity contribution in [1.82, 2.24) is 9.88 Å². The predicted molar refractivity (Wildman–Crippen MR) is 111 cm³/mol. The standard InChI is InChI=1S/C23H25FN2O3/c1-5-10-25-22(27)12-17-15(3)26(23(28)16-8-6-14(2)7-9-16)20-13-19(24)21(29-4)11-18(17)20/h6-9,11,13H,5,10,12H2,1-4H3,(H,25,27). The highest BCUT2D eigenvalue weighted by molar-refractivity contribution is 6.05. The fraction of sp³-hybridized carbons (Fsp3) is 0.304. The molecule has 2 aromatic carbocycles. The van der Waals surface area contributed by atoms with E-state index in [1.54, 1.807) is 25.1 Å². The van der Waals surface area contributed by atoms with Crippen LogP contribution in [0.2, 0.25) is 0 Å². The van der Waals surface area contributed by atoms with Crippen molar-refractivity contribution in [3.8, 4) is 5.75 Å². The van der Waals surface area contributed by atoms with E-state index in [9.17, 15) is 14.0 Å². The highest BCUT2D eigenvalue weighted by Gasteiger charge is 2.23. The van der Waals surface area contributed by atoms with Crippen LogP contribution >= 0.6 is 0 Å². The van der Waals surface area contributed by atoms with Crippen LogP contribution in [0.3, 0.4) is 0 Å². The molecule has 0 saturated heterocycles. The smallest absolute Gasteiger partial charge is 0.262 e. The number of nitrogens with zero attached hydrogens (tertiary/aromatic N) is 1. The van der Waals surface area contributed by atoms with E-state index in [4.69, 9.17) is 4.74 Å². The van der Waals surface area contributed by atoms with Crippen molar-refractivity contribution in [3.05, 3.63) is 64.6 Å². The largest absolute Gasteiger partial charge is 0.494 e. The van der Waals surface area contributed by atoms with Crippen LogP contribution in [0.25, 0.3) is 10.9 Å². The minimum Gasteiger partial charge on any atom is -0.494 e. The quantitative estimate of drug-likeness (QED) is 0.681. The van der Waals surface area contributed by atoms with Crippen molar-refractivity contribution in [1.29, 1.82) is 0 Å². The van der Waals surface area contributed by atoms with Crippen LogP contribution in [-0.4, -0.2) is 30.0 Å². The van der Waals surface area contributed by atoms with Crippen LogP contribution in [0, 0.1) is 19.7 Å². The summed E-state index contributed by atoms with van der Waals surface area (Å²) in [6, 6.07) is 10.1. The topological polar surface area (TPSA) is 60.3 Å². The first kappa shape index (κ1) is 20.6. The molecule has 1 amide bonds. The molecule has 3 rings (SSSR count). The van der Waals surface area contributed by atoms with Gasteiger partial charge in [0.25, 0.3) is 5.91 Å². The minimum absolute atomic E-state index is 0.0765. The molecule has 0 spiro atoms. The Morgan fingerprint density at radius 2 is 1.83 bits per heavy atom. The molecule has 0 saturated carbocycles. The maximum absolute atomic E-state index is 14.5. The lowest BCUT2D eigenvalue weighted by molar-refractivity contribution is -0.120. The number of aryl methyl sites for hydroxylation is 1. The molecular weight excluding hydrogens is 371 g/mol. The molecule has 1 N–H and O–H groups in total. The maximum atomic E-state index is 14.5. The van der Waals surface area contributed by atoms with Gasteiger partial charge in [-0.1, -0.05) is 24.6 Å². The number of carbonyl (C=O) groups excluding carboxylic acids is 2. The summed E-state index contributed by atoms with van der Waals surface area (Å²) in [5.74, 6) is -0.887. The van der Waals surface area contributed by atoms with Gasteiger partial charge in [-0.2, -0.15) is 0 Å². The lowest BCUT2D eigenvalue weighted by atomic mass is 10.1. The predicted octanol–water partition coefficient (Wildman–Crippen LogP) is 4.16. The van der Waals surface area contributed by atoms with Crippen molar-refractivity contribution in [3.63, 3.8) is 0 Å². The molecule has 0 unspecified atom stereocenters. The molecule has 0 aliphatic heterocycles. The van der Waals surface area contributed by atoms with E-state index in [1.807, 2.05) is 26.0 Å². The summed E-state index contributed by atoms with van der Waals surface area (Å²) in [6.07, 6.45) is 0.933. The molecule has 5 nitrogen and oxygen atoms in total. The Morgan fingerprint density at radius 1 is 1.14 bits per heavy atom. The number of aromatic nitrogens is 1. The summed E-state index contributed by atoms with van der Waals surface area (Å²) in [5, 5.41) is 3.48. The highest BCUT2D eigenvalue weighted by atomic mass is 19.1. The van der Waals surface area contributed by atoms with E-state index in [2.05, 4.69) is 5.32 Å². The van der Waals surface area contributed by atoms with E-state index in [1.165, 1.54) is 17.7 Å². The van der Waals surface area contributed by atoms with Crippen molar-refractivity contribution >= 4 is 22.7 Å². The maximum Gasteiger partial charge on any atom is 0.262 e. The number of ether oxygens (including phenoxy) is 1. The summed E-state index contributed by atoms with van der Waals surface area (Å²) in [4.78, 5) is 25.6. The van der Waals surface area contributed by atoms with Crippen LogP contribution < -0.4 is 10.1 Å². The number of methoxy groups -OCH3 is 1. The third-order valence-electron chi connectivity index (χ3n) is 5.02. The van der Waals surface area contributed by atoms with Gasteiger partial charge in [0.15, 0.2) is 11.6 Å². The Hall–Kier alpha value is -3.15. The fourth-order valence-corrected chi connectivity index (χ4v) is 3.43. The zero-order chi connectivity index (χ0) is 21.1. The second-order valence-electron chi connectivity index (χ2n) is 7.10. The molecule has 0 radical (unpaired) electrons. The average Bonchev–Trinajstić information content (AvgIpc) is 2.96. The van der Waals surface area contributed by atoms with Gasteiger partial charge in [0.1, 0.15) is 0 Å². The molecule has 0 bridgehead atoms. The molecule has 0 fully saturated rings. The Bertz CT molecular complexity index is 1070. The van der Waals surface area contributed by atoms with Gasteiger partial charge in [-0.3, -0.25) is 14.2 Å². The minimum atomic E-state index is -0.558. The number of nitrogens with one attached hydrogen (secondary N) is 1. The average molecular weight is 396 g/mol. The van der Waals surface area contributed by atoms with E-state index in [-0.39, 0.29) is 24.0 Å². The monoisotopic (exact) mass is 396 g/mol. The Morgan fingerprint density at radius 3 is 2.45 bits per heavy atom. The molecule has 0 aliphatic rings. The number of amides is 1. The molecule has 1 heterocycles. The number of halogens is 1. The van der Waals surface area contributed by atoms with Crippen molar-refractivity contribution in [2.75, 3.05) is 13.7 Å². The second kappa shape index (κ2) is 8.47. The molecule has 0 atom stereocenters. The molecule has 0 aliphatic carbocycles. The van der Waals surface area contributed by atoms with Gasteiger partial charge in [-0.25, -0.2) is 4.39 Å². The number of hydrogen-bond donors (Lipinski definition) is 1. The lowest BCUT2D eigenvalue weighted by Gasteiger charge is -2.09. The molecule has 29 heavy (non-hydrogen) atoms. The summed E-state index contributed by atoms with van der Waals surface area (Å²) >= 11 is 0. The van der Waals surface area contributed by atoms with E-state index < -0.39 is 5.82 Å². The molecule has 3 aromatic rings. The molecule has 152 valence electrons. The second-order valence-corrected chi connectivity index (χ2v) is 7.10. The van der Waals surface area contributed by atoms with Gasteiger partial charge >= 0.3 is 0 Å². The van der Waals surface area contributed by atoms with Crippen molar-refractivity contribution in [2.24, 2.45) is 0 Å². The Labute approximate surface area is 169 Å². The van der Waals surface area contributed by atoms with Gasteiger partial charge in [-0.05, 0) is 44.0 Å². The number of benzene rings is 2. The van der Waals surface area contributed by atoms with Gasteiger partial charge in [-0.15, -0.1) is 0 Å². The van der Waals surface area contributed by atoms with E-state index >= 15 is 0 Å². The Balaban J connectivity index is 2.17. The summed E-state index contributed by atoms with van der Waals surface area (Å²) < 4.78 is 21.1. The first-order chi connectivity index (χ1) is 13.9. The van der Waals surface area contributed by atoms with Crippen molar-refractivity contribution < 1.29 is 18.7 Å². The number of carbonyl (C=O) groups is 2. The van der Waals surface area contributed by atoms with Crippen LogP contribution in [0.4, 0.5) is 4.39 Å². The van der Waals surface area contributed by atoms with Crippen LogP contribution in [-0.2, 0) is 11.2 Å². The fourth-order valence-electron chi connectivity index (χ4n) is 3.43. The van der Waals surface area contributed by atoms with Crippen LogP contribution in [0.5, 0.6) is 5.75 Å². The third-order valence-corrected chi connectivity index (χ3v) is 5.02. The van der Waals surface area contributed by atoms with E-state index in [0.29, 0.717) is 34.3 Å². The van der Waals surface area contributed by atoms with Crippen LogP contribution in [0.1, 0.15) is 40.5 Å². The normalized spacial score (nSPS) is 10.9. The Kier molecular flexibility index (Phi) is 6.01. The summed E-state index contributed by atoms with van der Waals surface area (Å²) in [7, 11) is 1.39. The molecular formula is C23H25FN2O3. The lowest BCUT2D eigenvalue weighted by Crippen LogP contribution is -2.26. The third kappa shape index (κ3) is 4.01. The van der Waals surface area contributed by atoms with Crippen LogP contribution in [0.15, 0.2) is 36.4 Å². The van der Waals surface area contributed by atoms with Gasteiger partial charge < -0.3 is 10.1 Å². The van der Waals surface area contributed by atoms with Gasteiger partial charge in [0.05, 0.1) is 19.0 Å². The zero-order valence-corrected chi connectivity index (χ0v) is 17.1. The SMILES string of the molecule is CCCNC(=O)Cc1c(C)n(C(=O)c2ccc(C)cc2)c2cc(F)c(OC)cc12. The summed E-state index contributed by atoms with van der Waals surface area (Å²) in [6.45, 7) is 6.28. The van der Waals surface area contributed by atoms with E-state index in [0.717, 1.165) is 12.0 Å². The van der Waals surface area contributed by atoms with Gasteiger partial charge in [0.2, 0.25) is 5.91 Å². The zero-order valence-electron chi connectivity index (χ0n) is 17.1. The highest BCUT2D eigenvalue weighted by Crippen LogP contribution is 2.32. The first-order valence-electron chi connectivity index (χ1n) is 9.62. The summed E-state index contributed by atoms with van der Waals surface area (Å²) in [5.41, 5.74) is 3.26. The first-order valence-corrected chi connectivity index (χ1v) is 9.62. The van der Waals surface area contributed by atoms with Crippen molar-refractivity contribution in [2.45, 2.75) is 33.6 Å².